The van der Waals surface area contributed by atoms with Gasteiger partial charge in [-0.15, -0.1) is 6.42 Å². The van der Waals surface area contributed by atoms with Gasteiger partial charge in [0.15, 0.2) is 0 Å². The SMILES string of the molecule is C#CCNS(=O)(=O)c1cccc(C(=O)Nc2ccc(OC)c(NC(=O)OC(C)(C)C)c2)c1. The monoisotopic (exact) mass is 459 g/mol. The highest BCUT2D eigenvalue weighted by Crippen LogP contribution is 2.29. The number of anilines is 2. The van der Waals surface area contributed by atoms with E-state index in [0.717, 1.165) is 0 Å². The molecule has 9 nitrogen and oxygen atoms in total. The zero-order valence-corrected chi connectivity index (χ0v) is 19.0. The van der Waals surface area contributed by atoms with Crippen molar-refractivity contribution in [3.05, 3.63) is 48.0 Å². The molecule has 32 heavy (non-hydrogen) atoms. The molecule has 2 aromatic carbocycles. The summed E-state index contributed by atoms with van der Waals surface area (Å²) in [6, 6.07) is 10.1. The molecule has 0 aliphatic carbocycles. The first kappa shape index (κ1) is 24.7. The molecule has 0 unspecified atom stereocenters. The number of rotatable bonds is 7. The maximum absolute atomic E-state index is 12.7. The van der Waals surface area contributed by atoms with Crippen molar-refractivity contribution in [1.29, 1.82) is 0 Å². The lowest BCUT2D eigenvalue weighted by Crippen LogP contribution is -2.27. The third-order valence-corrected chi connectivity index (χ3v) is 5.26. The van der Waals surface area contributed by atoms with Gasteiger partial charge < -0.3 is 14.8 Å². The molecule has 0 saturated carbocycles. The lowest BCUT2D eigenvalue weighted by Gasteiger charge is -2.20. The van der Waals surface area contributed by atoms with Gasteiger partial charge in [-0.1, -0.05) is 12.0 Å². The molecule has 0 heterocycles. The Hall–Kier alpha value is -3.55. The molecule has 0 fully saturated rings. The minimum atomic E-state index is -3.85. The minimum Gasteiger partial charge on any atom is -0.495 e. The van der Waals surface area contributed by atoms with Crippen LogP contribution in [0.3, 0.4) is 0 Å². The number of hydrogen-bond donors (Lipinski definition) is 3. The van der Waals surface area contributed by atoms with Crippen LogP contribution in [-0.4, -0.2) is 39.7 Å². The van der Waals surface area contributed by atoms with Gasteiger partial charge in [-0.2, -0.15) is 4.72 Å². The van der Waals surface area contributed by atoms with Gasteiger partial charge in [-0.05, 0) is 57.2 Å². The van der Waals surface area contributed by atoms with E-state index in [-0.39, 0.29) is 22.7 Å². The fraction of sp³-hybridized carbons (Fsp3) is 0.273. The summed E-state index contributed by atoms with van der Waals surface area (Å²) in [5.74, 6) is 2.00. The van der Waals surface area contributed by atoms with Crippen molar-refractivity contribution in [3.63, 3.8) is 0 Å². The Bertz CT molecular complexity index is 1150. The van der Waals surface area contributed by atoms with Crippen molar-refractivity contribution in [1.82, 2.24) is 4.72 Å². The molecule has 0 radical (unpaired) electrons. The van der Waals surface area contributed by atoms with Crippen molar-refractivity contribution in [2.45, 2.75) is 31.3 Å². The van der Waals surface area contributed by atoms with Crippen LogP contribution in [0, 0.1) is 12.3 Å². The van der Waals surface area contributed by atoms with Gasteiger partial charge >= 0.3 is 6.09 Å². The van der Waals surface area contributed by atoms with Crippen molar-refractivity contribution in [3.8, 4) is 18.1 Å². The predicted molar refractivity (Wildman–Crippen MR) is 121 cm³/mol. The second kappa shape index (κ2) is 10.2. The summed E-state index contributed by atoms with van der Waals surface area (Å²) in [7, 11) is -2.41. The smallest absolute Gasteiger partial charge is 0.412 e. The van der Waals surface area contributed by atoms with Gasteiger partial charge in [0, 0.05) is 11.3 Å². The number of methoxy groups -OCH3 is 1. The van der Waals surface area contributed by atoms with Crippen LogP contribution in [0.5, 0.6) is 5.75 Å². The third-order valence-electron chi connectivity index (χ3n) is 3.86. The molecular weight excluding hydrogens is 434 g/mol. The fourth-order valence-corrected chi connectivity index (χ4v) is 3.50. The summed E-state index contributed by atoms with van der Waals surface area (Å²) in [5.41, 5.74) is 0.0600. The van der Waals surface area contributed by atoms with E-state index < -0.39 is 27.6 Å². The number of carbonyl (C=O) groups excluding carboxylic acids is 2. The molecule has 0 aliphatic heterocycles. The minimum absolute atomic E-state index is 0.0950. The molecule has 0 atom stereocenters. The predicted octanol–water partition coefficient (Wildman–Crippen LogP) is 3.21. The first-order valence-corrected chi connectivity index (χ1v) is 11.0. The Morgan fingerprint density at radius 2 is 1.81 bits per heavy atom. The molecule has 2 amide bonds. The number of hydrogen-bond acceptors (Lipinski definition) is 6. The summed E-state index contributed by atoms with van der Waals surface area (Å²) < 4.78 is 37.2. The van der Waals surface area contributed by atoms with E-state index in [2.05, 4.69) is 21.3 Å². The van der Waals surface area contributed by atoms with Crippen molar-refractivity contribution in [2.24, 2.45) is 0 Å². The fourth-order valence-electron chi connectivity index (χ4n) is 2.52. The van der Waals surface area contributed by atoms with Gasteiger partial charge in [0.25, 0.3) is 5.91 Å². The van der Waals surface area contributed by atoms with Gasteiger partial charge in [0.1, 0.15) is 11.4 Å². The molecule has 170 valence electrons. The summed E-state index contributed by atoms with van der Waals surface area (Å²) >= 11 is 0. The third kappa shape index (κ3) is 7.01. The summed E-state index contributed by atoms with van der Waals surface area (Å²) in [5, 5.41) is 5.24. The standard InChI is InChI=1S/C22H25N3O6S/c1-6-12-23-32(28,29)17-9-7-8-15(13-17)20(26)24-16-10-11-19(30-5)18(14-16)25-21(27)31-22(2,3)4/h1,7-11,13-14,23H,12H2,2-5H3,(H,24,26)(H,25,27). The van der Waals surface area contributed by atoms with Crippen molar-refractivity contribution in [2.75, 3.05) is 24.3 Å². The molecule has 0 aromatic heterocycles. The molecule has 0 saturated heterocycles. The molecule has 0 aliphatic rings. The number of benzene rings is 2. The number of terminal acetylenes is 1. The van der Waals surface area contributed by atoms with E-state index in [1.807, 2.05) is 0 Å². The van der Waals surface area contributed by atoms with E-state index in [1.165, 1.54) is 37.4 Å². The zero-order valence-electron chi connectivity index (χ0n) is 18.2. The molecule has 2 rings (SSSR count). The highest BCUT2D eigenvalue weighted by Gasteiger charge is 2.19. The summed E-state index contributed by atoms with van der Waals surface area (Å²) in [4.78, 5) is 24.7. The van der Waals surface area contributed by atoms with Gasteiger partial charge in [-0.3, -0.25) is 10.1 Å². The van der Waals surface area contributed by atoms with E-state index in [4.69, 9.17) is 15.9 Å². The summed E-state index contributed by atoms with van der Waals surface area (Å²) in [6.07, 6.45) is 4.40. The highest BCUT2D eigenvalue weighted by atomic mass is 32.2. The average molecular weight is 460 g/mol. The first-order valence-electron chi connectivity index (χ1n) is 9.48. The number of ether oxygens (including phenoxy) is 2. The lowest BCUT2D eigenvalue weighted by molar-refractivity contribution is 0.0635. The second-order valence-electron chi connectivity index (χ2n) is 7.55. The van der Waals surface area contributed by atoms with Gasteiger partial charge in [0.2, 0.25) is 10.0 Å². The van der Waals surface area contributed by atoms with Crippen LogP contribution in [0.25, 0.3) is 0 Å². The largest absolute Gasteiger partial charge is 0.495 e. The molecule has 10 heteroatoms. The maximum atomic E-state index is 12.7. The Morgan fingerprint density at radius 3 is 2.44 bits per heavy atom. The average Bonchev–Trinajstić information content (AvgIpc) is 2.71. The summed E-state index contributed by atoms with van der Waals surface area (Å²) in [6.45, 7) is 5.03. The highest BCUT2D eigenvalue weighted by molar-refractivity contribution is 7.89. The van der Waals surface area contributed by atoms with Crippen LogP contribution in [0.1, 0.15) is 31.1 Å². The topological polar surface area (TPSA) is 123 Å². The van der Waals surface area contributed by atoms with E-state index in [0.29, 0.717) is 11.4 Å². The Labute approximate surface area is 187 Å². The zero-order chi connectivity index (χ0) is 23.9. The number of nitrogens with one attached hydrogen (secondary N) is 3. The molecule has 3 N–H and O–H groups in total. The molecular formula is C22H25N3O6S. The van der Waals surface area contributed by atoms with Crippen LogP contribution in [0.4, 0.5) is 16.2 Å². The van der Waals surface area contributed by atoms with Gasteiger partial charge in [-0.25, -0.2) is 13.2 Å². The van der Waals surface area contributed by atoms with Crippen LogP contribution < -0.4 is 20.1 Å². The van der Waals surface area contributed by atoms with E-state index in [1.54, 1.807) is 32.9 Å². The maximum Gasteiger partial charge on any atom is 0.412 e. The number of carbonyl (C=O) groups is 2. The Kier molecular flexibility index (Phi) is 7.86. The lowest BCUT2D eigenvalue weighted by atomic mass is 10.2. The van der Waals surface area contributed by atoms with E-state index >= 15 is 0 Å². The van der Waals surface area contributed by atoms with Crippen LogP contribution in [0.15, 0.2) is 47.4 Å². The van der Waals surface area contributed by atoms with Crippen LogP contribution in [0.2, 0.25) is 0 Å². The normalized spacial score (nSPS) is 11.2. The molecule has 0 spiro atoms. The Balaban J connectivity index is 2.22. The number of sulfonamides is 1. The second-order valence-corrected chi connectivity index (χ2v) is 9.32. The van der Waals surface area contributed by atoms with Crippen LogP contribution in [-0.2, 0) is 14.8 Å². The van der Waals surface area contributed by atoms with Crippen molar-refractivity contribution >= 4 is 33.4 Å². The number of amides is 2. The molecule has 0 bridgehead atoms. The van der Waals surface area contributed by atoms with Crippen molar-refractivity contribution < 1.29 is 27.5 Å². The molecule has 2 aromatic rings. The van der Waals surface area contributed by atoms with Crippen LogP contribution >= 0.6 is 0 Å². The van der Waals surface area contributed by atoms with E-state index in [9.17, 15) is 18.0 Å². The Morgan fingerprint density at radius 1 is 1.09 bits per heavy atom. The quantitative estimate of drug-likeness (QED) is 0.547. The first-order chi connectivity index (χ1) is 14.9. The van der Waals surface area contributed by atoms with Gasteiger partial charge in [0.05, 0.1) is 24.2 Å².